The number of halogens is 3. The maximum Gasteiger partial charge on any atom is 0.395 e. The number of alkyl halides is 3. The lowest BCUT2D eigenvalue weighted by atomic mass is 9.92. The lowest BCUT2D eigenvalue weighted by molar-refractivity contribution is -0.206. The molecule has 238 valence electrons. The van der Waals surface area contributed by atoms with Crippen LogP contribution in [0.4, 0.5) is 24.5 Å². The van der Waals surface area contributed by atoms with Crippen molar-refractivity contribution in [2.75, 3.05) is 17.2 Å². The van der Waals surface area contributed by atoms with Gasteiger partial charge in [0.1, 0.15) is 17.8 Å². The fourth-order valence-corrected chi connectivity index (χ4v) is 6.48. The number of aryl methyl sites for hydroxylation is 1. The molecule has 2 fully saturated rings. The third-order valence-corrected chi connectivity index (χ3v) is 9.64. The number of benzene rings is 2. The molecule has 4 atom stereocenters. The van der Waals surface area contributed by atoms with Crippen LogP contribution in [0.5, 0.6) is 0 Å². The number of anilines is 2. The zero-order chi connectivity index (χ0) is 33.2. The molecule has 2 saturated carbocycles. The van der Waals surface area contributed by atoms with Gasteiger partial charge in [-0.05, 0) is 73.7 Å². The van der Waals surface area contributed by atoms with Crippen molar-refractivity contribution >= 4 is 33.1 Å². The predicted octanol–water partition coefficient (Wildman–Crippen LogP) is 6.20. The number of pyridine rings is 2. The first-order chi connectivity index (χ1) is 22.4. The zero-order valence-corrected chi connectivity index (χ0v) is 25.8. The van der Waals surface area contributed by atoms with E-state index in [0.29, 0.717) is 33.5 Å². The van der Waals surface area contributed by atoms with Crippen LogP contribution in [-0.2, 0) is 7.05 Å². The third-order valence-electron chi connectivity index (χ3n) is 9.64. The topological polar surface area (TPSA) is 137 Å². The molecule has 2 aliphatic carbocycles. The summed E-state index contributed by atoms with van der Waals surface area (Å²) in [7, 11) is 1.68. The Morgan fingerprint density at radius 3 is 2.53 bits per heavy atom. The van der Waals surface area contributed by atoms with Crippen LogP contribution in [0.3, 0.4) is 0 Å². The lowest BCUT2D eigenvalue weighted by Crippen LogP contribution is -2.38. The molecular weight excluding hydrogens is 607 g/mol. The van der Waals surface area contributed by atoms with Crippen LogP contribution >= 0.6 is 0 Å². The van der Waals surface area contributed by atoms with E-state index in [2.05, 4.69) is 32.0 Å². The zero-order valence-electron chi connectivity index (χ0n) is 25.8. The summed E-state index contributed by atoms with van der Waals surface area (Å²) in [4.78, 5) is 17.4. The van der Waals surface area contributed by atoms with Gasteiger partial charge in [0.05, 0.1) is 46.0 Å². The molecule has 0 radical (unpaired) electrons. The molecule has 10 nitrogen and oxygen atoms in total. The largest absolute Gasteiger partial charge is 0.395 e. The summed E-state index contributed by atoms with van der Waals surface area (Å²) in [5.41, 5.74) is 0.108. The first kappa shape index (κ1) is 30.2. The number of hydrogen-bond acceptors (Lipinski definition) is 8. The van der Waals surface area contributed by atoms with Crippen LogP contribution in [-0.4, -0.2) is 37.3 Å². The molecule has 2 aromatic carbocycles. The molecule has 0 aliphatic heterocycles. The molecule has 5 aromatic rings. The van der Waals surface area contributed by atoms with Crippen LogP contribution in [0.1, 0.15) is 61.2 Å². The van der Waals surface area contributed by atoms with Crippen molar-refractivity contribution < 1.29 is 13.2 Å². The Morgan fingerprint density at radius 1 is 1.06 bits per heavy atom. The SMILES string of the molecule is Cn1ccc2c([C@H](Nc3cc(C#N)c4ncc(C#N)c(NCC(C)(C)C(F)(F)F)c4c3)c3cn(C4CC5CC54)nn3)cccc2c1=O. The van der Waals surface area contributed by atoms with Crippen molar-refractivity contribution in [1.29, 1.82) is 10.5 Å². The smallest absolute Gasteiger partial charge is 0.382 e. The summed E-state index contributed by atoms with van der Waals surface area (Å²) in [6, 6.07) is 14.4. The van der Waals surface area contributed by atoms with E-state index in [1.807, 2.05) is 29.1 Å². The van der Waals surface area contributed by atoms with Gasteiger partial charge in [0.15, 0.2) is 0 Å². The van der Waals surface area contributed by atoms with Gasteiger partial charge in [-0.3, -0.25) is 9.78 Å². The van der Waals surface area contributed by atoms with E-state index >= 15 is 0 Å². The molecule has 2 aliphatic rings. The van der Waals surface area contributed by atoms with Crippen molar-refractivity contribution in [3.05, 3.63) is 87.7 Å². The number of rotatable bonds is 8. The van der Waals surface area contributed by atoms with E-state index in [1.165, 1.54) is 17.2 Å². The van der Waals surface area contributed by atoms with E-state index < -0.39 is 24.2 Å². The first-order valence-electron chi connectivity index (χ1n) is 15.2. The van der Waals surface area contributed by atoms with Crippen LogP contribution in [0.25, 0.3) is 21.7 Å². The van der Waals surface area contributed by atoms with Gasteiger partial charge in [-0.1, -0.05) is 17.3 Å². The number of nitrogens with zero attached hydrogens (tertiary/aromatic N) is 7. The maximum absolute atomic E-state index is 13.7. The minimum absolute atomic E-state index is 0.0415. The Hall–Kier alpha value is -5.43. The molecule has 3 unspecified atom stereocenters. The summed E-state index contributed by atoms with van der Waals surface area (Å²) in [5, 5.41) is 36.9. The lowest BCUT2D eigenvalue weighted by Gasteiger charge is -2.28. The van der Waals surface area contributed by atoms with Crippen molar-refractivity contribution in [3.8, 4) is 12.1 Å². The first-order valence-corrected chi connectivity index (χ1v) is 15.2. The monoisotopic (exact) mass is 637 g/mol. The van der Waals surface area contributed by atoms with Crippen molar-refractivity contribution in [2.45, 2.75) is 44.9 Å². The summed E-state index contributed by atoms with van der Waals surface area (Å²) >= 11 is 0. The van der Waals surface area contributed by atoms with Gasteiger partial charge in [-0.2, -0.15) is 23.7 Å². The second-order valence-corrected chi connectivity index (χ2v) is 13.1. The van der Waals surface area contributed by atoms with E-state index in [9.17, 15) is 28.5 Å². The van der Waals surface area contributed by atoms with Gasteiger partial charge in [-0.25, -0.2) is 4.68 Å². The summed E-state index contributed by atoms with van der Waals surface area (Å²) in [6.45, 7) is 1.64. The number of nitriles is 2. The van der Waals surface area contributed by atoms with Crippen molar-refractivity contribution in [3.63, 3.8) is 0 Å². The molecule has 0 bridgehead atoms. The van der Waals surface area contributed by atoms with Crippen LogP contribution in [0, 0.1) is 39.9 Å². The molecule has 2 N–H and O–H groups in total. The maximum atomic E-state index is 13.7. The highest BCUT2D eigenvalue weighted by Gasteiger charge is 2.55. The Bertz CT molecular complexity index is 2210. The highest BCUT2D eigenvalue weighted by molar-refractivity contribution is 5.99. The van der Waals surface area contributed by atoms with Gasteiger partial charge in [0, 0.05) is 42.4 Å². The number of aromatic nitrogens is 5. The van der Waals surface area contributed by atoms with Crippen LogP contribution in [0.15, 0.2) is 59.8 Å². The molecule has 0 amide bonds. The summed E-state index contributed by atoms with van der Waals surface area (Å²) in [5.74, 6) is 1.37. The van der Waals surface area contributed by atoms with Crippen molar-refractivity contribution in [1.82, 2.24) is 24.5 Å². The van der Waals surface area contributed by atoms with Gasteiger partial charge < -0.3 is 15.2 Å². The molecule has 3 heterocycles. The Kier molecular flexibility index (Phi) is 6.97. The van der Waals surface area contributed by atoms with E-state index in [1.54, 1.807) is 37.5 Å². The van der Waals surface area contributed by atoms with Gasteiger partial charge in [0.25, 0.3) is 5.56 Å². The molecule has 0 spiro atoms. The fraction of sp³-hybridized carbons (Fsp3) is 0.353. The van der Waals surface area contributed by atoms with Gasteiger partial charge in [-0.15, -0.1) is 5.10 Å². The fourth-order valence-electron chi connectivity index (χ4n) is 6.48. The average molecular weight is 638 g/mol. The molecule has 3 aromatic heterocycles. The number of fused-ring (bicyclic) bond motifs is 3. The second kappa shape index (κ2) is 10.8. The molecule has 47 heavy (non-hydrogen) atoms. The van der Waals surface area contributed by atoms with Crippen molar-refractivity contribution in [2.24, 2.45) is 24.3 Å². The Morgan fingerprint density at radius 2 is 1.85 bits per heavy atom. The molecule has 7 rings (SSSR count). The van der Waals surface area contributed by atoms with E-state index in [0.717, 1.165) is 31.7 Å². The molecule has 13 heteroatoms. The summed E-state index contributed by atoms with van der Waals surface area (Å²) < 4.78 is 44.6. The predicted molar refractivity (Wildman–Crippen MR) is 169 cm³/mol. The van der Waals surface area contributed by atoms with Gasteiger partial charge >= 0.3 is 6.18 Å². The van der Waals surface area contributed by atoms with E-state index in [-0.39, 0.29) is 33.9 Å². The van der Waals surface area contributed by atoms with E-state index in [4.69, 9.17) is 0 Å². The Balaban J connectivity index is 1.36. The number of nitrogens with one attached hydrogen (secondary N) is 2. The third kappa shape index (κ3) is 5.12. The Labute approximate surface area is 267 Å². The number of hydrogen-bond donors (Lipinski definition) is 2. The minimum atomic E-state index is -4.50. The van der Waals surface area contributed by atoms with Crippen LogP contribution < -0.4 is 16.2 Å². The normalized spacial score (nSPS) is 19.4. The molecular formula is C34H30F3N9O. The highest BCUT2D eigenvalue weighted by Crippen LogP contribution is 2.62. The van der Waals surface area contributed by atoms with Gasteiger partial charge in [0.2, 0.25) is 0 Å². The highest BCUT2D eigenvalue weighted by atomic mass is 19.4. The average Bonchev–Trinajstić information content (AvgIpc) is 3.43. The quantitative estimate of drug-likeness (QED) is 0.205. The summed E-state index contributed by atoms with van der Waals surface area (Å²) in [6.07, 6.45) is 2.61. The van der Waals surface area contributed by atoms with Crippen LogP contribution in [0.2, 0.25) is 0 Å². The molecule has 0 saturated heterocycles. The standard InChI is InChI=1S/C34H30F3N9O/c1-33(2,34(35,36)37)17-41-30-20(14-39)15-40-29-19(13-38)9-21(12-26(29)30)42-31(27-16-46(44-43-27)28-11-18-10-25(18)28)23-5-4-6-24-22(23)7-8-45(3)32(24)47/h4-9,12,15-16,18,25,28,31,42H,10-11,17H2,1-3H3,(H,40,41)/t18?,25?,28?,31-/m0/s1. The minimum Gasteiger partial charge on any atom is -0.382 e. The second-order valence-electron chi connectivity index (χ2n) is 13.1.